The van der Waals surface area contributed by atoms with Crippen molar-refractivity contribution in [2.45, 2.75) is 24.7 Å². The van der Waals surface area contributed by atoms with Crippen LogP contribution in [0.2, 0.25) is 10.0 Å². The number of hydrogen-bond acceptors (Lipinski definition) is 4. The maximum absolute atomic E-state index is 12.7. The van der Waals surface area contributed by atoms with Crippen LogP contribution in [0.4, 0.5) is 5.82 Å². The Labute approximate surface area is 210 Å². The second kappa shape index (κ2) is 10.4. The number of H-pyrrole nitrogens is 1. The van der Waals surface area contributed by atoms with E-state index in [1.165, 1.54) is 10.5 Å². The van der Waals surface area contributed by atoms with Crippen molar-refractivity contribution >= 4 is 49.9 Å². The number of hydrogen-bond donors (Lipinski definition) is 2. The average molecular weight is 517 g/mol. The van der Waals surface area contributed by atoms with Crippen LogP contribution in [0.1, 0.15) is 30.9 Å². The van der Waals surface area contributed by atoms with Crippen molar-refractivity contribution in [3.8, 4) is 0 Å². The van der Waals surface area contributed by atoms with Gasteiger partial charge < -0.3 is 10.3 Å². The third-order valence-electron chi connectivity index (χ3n) is 5.90. The van der Waals surface area contributed by atoms with Gasteiger partial charge in [-0.05, 0) is 41.5 Å². The molecule has 0 aliphatic rings. The molecule has 6 nitrogen and oxygen atoms in total. The van der Waals surface area contributed by atoms with Crippen molar-refractivity contribution in [1.82, 2.24) is 14.3 Å². The minimum Gasteiger partial charge on any atom is -0.369 e. The molecule has 9 heteroatoms. The van der Waals surface area contributed by atoms with E-state index in [0.29, 0.717) is 35.5 Å². The van der Waals surface area contributed by atoms with Crippen molar-refractivity contribution in [3.63, 3.8) is 0 Å². The van der Waals surface area contributed by atoms with Gasteiger partial charge in [-0.3, -0.25) is 0 Å². The summed E-state index contributed by atoms with van der Waals surface area (Å²) < 4.78 is 26.9. The Bertz CT molecular complexity index is 1380. The van der Waals surface area contributed by atoms with Gasteiger partial charge >= 0.3 is 0 Å². The van der Waals surface area contributed by atoms with E-state index in [4.69, 9.17) is 23.2 Å². The topological polar surface area (TPSA) is 78.1 Å². The van der Waals surface area contributed by atoms with Crippen molar-refractivity contribution in [3.05, 3.63) is 88.2 Å². The van der Waals surface area contributed by atoms with Gasteiger partial charge in [0.05, 0.1) is 0 Å². The van der Waals surface area contributed by atoms with Gasteiger partial charge in [0.25, 0.3) is 0 Å². The lowest BCUT2D eigenvalue weighted by Crippen LogP contribution is -2.30. The minimum absolute atomic E-state index is 0.0956. The van der Waals surface area contributed by atoms with Gasteiger partial charge in [-0.15, -0.1) is 0 Å². The summed E-state index contributed by atoms with van der Waals surface area (Å²) in [4.78, 5) is 7.87. The Balaban J connectivity index is 1.63. The highest BCUT2D eigenvalue weighted by atomic mass is 35.5. The number of anilines is 1. The number of aromatic nitrogens is 2. The number of fused-ring (bicyclic) bond motifs is 1. The first kappa shape index (κ1) is 24.5. The molecule has 34 heavy (non-hydrogen) atoms. The first-order valence-corrected chi connectivity index (χ1v) is 13.3. The van der Waals surface area contributed by atoms with Crippen LogP contribution in [-0.2, 0) is 10.0 Å². The molecule has 0 saturated carbocycles. The van der Waals surface area contributed by atoms with Crippen molar-refractivity contribution in [2.75, 3.05) is 25.0 Å². The second-order valence-corrected chi connectivity index (χ2v) is 10.6. The molecule has 0 radical (unpaired) electrons. The zero-order valence-electron chi connectivity index (χ0n) is 18.9. The van der Waals surface area contributed by atoms with Crippen LogP contribution in [0.25, 0.3) is 10.9 Å². The largest absolute Gasteiger partial charge is 0.369 e. The molecule has 0 saturated heterocycles. The molecule has 0 unspecified atom stereocenters. The third-order valence-corrected chi connectivity index (χ3v) is 8.50. The normalized spacial score (nSPS) is 12.9. The van der Waals surface area contributed by atoms with Gasteiger partial charge in [0.15, 0.2) is 0 Å². The number of benzene rings is 2. The zero-order chi connectivity index (χ0) is 24.3. The van der Waals surface area contributed by atoms with Crippen molar-refractivity contribution < 1.29 is 8.42 Å². The fourth-order valence-electron chi connectivity index (χ4n) is 4.11. The molecule has 0 spiro atoms. The van der Waals surface area contributed by atoms with Gasteiger partial charge in [-0.25, -0.2) is 13.4 Å². The van der Waals surface area contributed by atoms with Crippen LogP contribution < -0.4 is 5.32 Å². The molecule has 178 valence electrons. The van der Waals surface area contributed by atoms with Crippen LogP contribution in [0.5, 0.6) is 0 Å². The number of para-hydroxylation sites is 1. The molecule has 2 aromatic heterocycles. The summed E-state index contributed by atoms with van der Waals surface area (Å²) in [6.45, 7) is 4.95. The van der Waals surface area contributed by atoms with Crippen LogP contribution >= 0.6 is 23.2 Å². The molecule has 2 N–H and O–H groups in total. The molecule has 0 bridgehead atoms. The quantitative estimate of drug-likeness (QED) is 0.279. The highest BCUT2D eigenvalue weighted by Gasteiger charge is 2.23. The maximum Gasteiger partial charge on any atom is 0.244 e. The summed E-state index contributed by atoms with van der Waals surface area (Å²) in [5.74, 6) is 0.482. The average Bonchev–Trinajstić information content (AvgIpc) is 3.25. The first-order chi connectivity index (χ1) is 16.3. The Kier molecular flexibility index (Phi) is 7.48. The Morgan fingerprint density at radius 1 is 1.03 bits per heavy atom. The van der Waals surface area contributed by atoms with E-state index in [-0.39, 0.29) is 10.8 Å². The number of sulfonamides is 1. The summed E-state index contributed by atoms with van der Waals surface area (Å²) >= 11 is 12.7. The molecule has 0 amide bonds. The highest BCUT2D eigenvalue weighted by molar-refractivity contribution is 7.89. The third kappa shape index (κ3) is 4.93. The molecule has 0 aliphatic heterocycles. The lowest BCUT2D eigenvalue weighted by molar-refractivity contribution is 0.445. The SMILES string of the molecule is CCN(CC)S(=O)(=O)c1ccc(NC[C@@H](c2ccc(Cl)cc2Cl)c2c[nH]c3ccccc23)nc1. The monoisotopic (exact) mass is 516 g/mol. The lowest BCUT2D eigenvalue weighted by Gasteiger charge is -2.20. The van der Waals surface area contributed by atoms with Crippen LogP contribution in [0.15, 0.2) is 71.9 Å². The fraction of sp³-hybridized carbons (Fsp3) is 0.240. The lowest BCUT2D eigenvalue weighted by atomic mass is 9.90. The summed E-state index contributed by atoms with van der Waals surface area (Å²) in [7, 11) is -3.55. The second-order valence-electron chi connectivity index (χ2n) is 7.86. The standard InChI is InChI=1S/C25H26Cl2N4O2S/c1-3-31(4-2)34(32,33)18-10-12-25(29-14-18)30-16-21(19-11-9-17(26)13-23(19)27)22-15-28-24-8-6-5-7-20(22)24/h5-15,21,28H,3-4,16H2,1-2H3,(H,29,30)/t21-/m0/s1. The van der Waals surface area contributed by atoms with E-state index in [1.807, 2.05) is 50.4 Å². The van der Waals surface area contributed by atoms with E-state index in [0.717, 1.165) is 22.0 Å². The summed E-state index contributed by atoms with van der Waals surface area (Å²) in [5, 5.41) is 5.61. The molecule has 2 heterocycles. The molecule has 2 aromatic carbocycles. The summed E-state index contributed by atoms with van der Waals surface area (Å²) in [6, 6.07) is 16.9. The van der Waals surface area contributed by atoms with Crippen LogP contribution in [0.3, 0.4) is 0 Å². The molecular formula is C25H26Cl2N4O2S. The molecule has 4 rings (SSSR count). The predicted molar refractivity (Wildman–Crippen MR) is 139 cm³/mol. The van der Waals surface area contributed by atoms with Gasteiger partial charge in [0.1, 0.15) is 10.7 Å². The van der Waals surface area contributed by atoms with Crippen LogP contribution in [0, 0.1) is 0 Å². The number of aromatic amines is 1. The first-order valence-electron chi connectivity index (χ1n) is 11.1. The number of nitrogens with zero attached hydrogens (tertiary/aromatic N) is 2. The molecule has 4 aromatic rings. The minimum atomic E-state index is -3.55. The van der Waals surface area contributed by atoms with E-state index >= 15 is 0 Å². The predicted octanol–water partition coefficient (Wildman–Crippen LogP) is 6.14. The van der Waals surface area contributed by atoms with Gasteiger partial charge in [0, 0.05) is 58.9 Å². The maximum atomic E-state index is 12.7. The van der Waals surface area contributed by atoms with E-state index in [9.17, 15) is 8.42 Å². The van der Waals surface area contributed by atoms with Gasteiger partial charge in [0.2, 0.25) is 10.0 Å². The van der Waals surface area contributed by atoms with Crippen molar-refractivity contribution in [1.29, 1.82) is 0 Å². The van der Waals surface area contributed by atoms with E-state index in [1.54, 1.807) is 18.2 Å². The smallest absolute Gasteiger partial charge is 0.244 e. The number of nitrogens with one attached hydrogen (secondary N) is 2. The Hall–Kier alpha value is -2.58. The highest BCUT2D eigenvalue weighted by Crippen LogP contribution is 2.36. The van der Waals surface area contributed by atoms with Crippen LogP contribution in [-0.4, -0.2) is 42.3 Å². The van der Waals surface area contributed by atoms with Gasteiger partial charge in [-0.2, -0.15) is 4.31 Å². The number of halogens is 2. The zero-order valence-corrected chi connectivity index (χ0v) is 21.3. The van der Waals surface area contributed by atoms with Gasteiger partial charge in [-0.1, -0.05) is 61.3 Å². The van der Waals surface area contributed by atoms with Crippen molar-refractivity contribution in [2.24, 2.45) is 0 Å². The fourth-order valence-corrected chi connectivity index (χ4v) is 6.05. The molecule has 1 atom stereocenters. The molecular weight excluding hydrogens is 491 g/mol. The molecule has 0 aliphatic carbocycles. The Morgan fingerprint density at radius 3 is 2.47 bits per heavy atom. The summed E-state index contributed by atoms with van der Waals surface area (Å²) in [6.07, 6.45) is 3.39. The molecule has 0 fully saturated rings. The van der Waals surface area contributed by atoms with E-state index in [2.05, 4.69) is 21.4 Å². The Morgan fingerprint density at radius 2 is 1.79 bits per heavy atom. The number of rotatable bonds is 9. The summed E-state index contributed by atoms with van der Waals surface area (Å²) in [5.41, 5.74) is 3.06. The number of pyridine rings is 1. The van der Waals surface area contributed by atoms with E-state index < -0.39 is 10.0 Å².